The quantitative estimate of drug-likeness (QED) is 0.780. The van der Waals surface area contributed by atoms with Crippen LogP contribution in [-0.2, 0) is 16.4 Å². The van der Waals surface area contributed by atoms with Crippen LogP contribution < -0.4 is 9.62 Å². The SMILES string of the molecule is CCC(CN1CCCc2cc(C#N)ccc21)NS(=O)(=O)c1c(C)cc(C)cc1C. The van der Waals surface area contributed by atoms with Crippen molar-refractivity contribution in [3.05, 3.63) is 58.1 Å². The second-order valence-electron chi connectivity index (χ2n) is 7.96. The number of benzene rings is 2. The summed E-state index contributed by atoms with van der Waals surface area (Å²) >= 11 is 0. The Morgan fingerprint density at radius 2 is 1.86 bits per heavy atom. The molecule has 2 aromatic carbocycles. The van der Waals surface area contributed by atoms with Crippen molar-refractivity contribution in [2.45, 2.75) is 57.9 Å². The first kappa shape index (κ1) is 21.4. The Bertz CT molecular complexity index is 1030. The van der Waals surface area contributed by atoms with Gasteiger partial charge in [0.1, 0.15) is 0 Å². The average molecular weight is 412 g/mol. The molecule has 0 aromatic heterocycles. The first-order chi connectivity index (χ1) is 13.7. The number of hydrogen-bond donors (Lipinski definition) is 1. The molecule has 0 radical (unpaired) electrons. The van der Waals surface area contributed by atoms with E-state index in [9.17, 15) is 8.42 Å². The lowest BCUT2D eigenvalue weighted by Gasteiger charge is -2.34. The van der Waals surface area contributed by atoms with E-state index in [2.05, 4.69) is 15.7 Å². The summed E-state index contributed by atoms with van der Waals surface area (Å²) in [6.45, 7) is 9.18. The Morgan fingerprint density at radius 3 is 2.48 bits per heavy atom. The summed E-state index contributed by atoms with van der Waals surface area (Å²) in [7, 11) is -3.61. The van der Waals surface area contributed by atoms with Gasteiger partial charge in [-0.15, -0.1) is 0 Å². The van der Waals surface area contributed by atoms with Crippen LogP contribution in [0.1, 0.15) is 47.6 Å². The van der Waals surface area contributed by atoms with E-state index in [4.69, 9.17) is 5.26 Å². The van der Waals surface area contributed by atoms with Crippen LogP contribution in [0.25, 0.3) is 0 Å². The first-order valence-corrected chi connectivity index (χ1v) is 11.6. The van der Waals surface area contributed by atoms with E-state index in [0.29, 0.717) is 23.4 Å². The Hall–Kier alpha value is -2.36. The summed E-state index contributed by atoms with van der Waals surface area (Å²) in [5.41, 5.74) is 5.56. The molecule has 0 spiro atoms. The topological polar surface area (TPSA) is 73.2 Å². The van der Waals surface area contributed by atoms with Gasteiger partial charge in [0, 0.05) is 24.8 Å². The van der Waals surface area contributed by atoms with Crippen LogP contribution in [0.3, 0.4) is 0 Å². The number of sulfonamides is 1. The zero-order valence-electron chi connectivity index (χ0n) is 17.6. The summed E-state index contributed by atoms with van der Waals surface area (Å²) in [5.74, 6) is 0. The fourth-order valence-corrected chi connectivity index (χ4v) is 6.08. The molecule has 29 heavy (non-hydrogen) atoms. The summed E-state index contributed by atoms with van der Waals surface area (Å²) in [6, 6.07) is 11.6. The van der Waals surface area contributed by atoms with Crippen LogP contribution in [0.4, 0.5) is 5.69 Å². The maximum Gasteiger partial charge on any atom is 0.241 e. The molecule has 1 heterocycles. The van der Waals surface area contributed by atoms with Crippen LogP contribution in [0.2, 0.25) is 0 Å². The Balaban J connectivity index is 1.83. The third-order valence-corrected chi connectivity index (χ3v) is 7.38. The van der Waals surface area contributed by atoms with Crippen molar-refractivity contribution in [3.8, 4) is 6.07 Å². The van der Waals surface area contributed by atoms with Gasteiger partial charge in [0.25, 0.3) is 0 Å². The molecule has 154 valence electrons. The fourth-order valence-electron chi connectivity index (χ4n) is 4.32. The molecule has 1 aliphatic rings. The molecule has 1 unspecified atom stereocenters. The van der Waals surface area contributed by atoms with Crippen molar-refractivity contribution in [3.63, 3.8) is 0 Å². The fraction of sp³-hybridized carbons (Fsp3) is 0.435. The predicted molar refractivity (Wildman–Crippen MR) is 117 cm³/mol. The van der Waals surface area contributed by atoms with Crippen molar-refractivity contribution in [1.29, 1.82) is 5.26 Å². The van der Waals surface area contributed by atoms with Gasteiger partial charge in [-0.25, -0.2) is 13.1 Å². The molecule has 6 heteroatoms. The van der Waals surface area contributed by atoms with E-state index in [-0.39, 0.29) is 6.04 Å². The average Bonchev–Trinajstić information content (AvgIpc) is 2.65. The van der Waals surface area contributed by atoms with Crippen LogP contribution in [-0.4, -0.2) is 27.5 Å². The third kappa shape index (κ3) is 4.63. The highest BCUT2D eigenvalue weighted by Crippen LogP contribution is 2.29. The summed E-state index contributed by atoms with van der Waals surface area (Å²) in [5, 5.41) is 9.15. The second kappa shape index (κ2) is 8.56. The van der Waals surface area contributed by atoms with Crippen LogP contribution in [0.5, 0.6) is 0 Å². The lowest BCUT2D eigenvalue weighted by atomic mass is 9.99. The molecule has 2 aromatic rings. The van der Waals surface area contributed by atoms with E-state index in [1.165, 1.54) is 5.56 Å². The van der Waals surface area contributed by atoms with Crippen LogP contribution in [0.15, 0.2) is 35.2 Å². The normalized spacial score (nSPS) is 14.9. The van der Waals surface area contributed by atoms with Gasteiger partial charge in [-0.2, -0.15) is 5.26 Å². The minimum atomic E-state index is -3.61. The van der Waals surface area contributed by atoms with Crippen molar-refractivity contribution < 1.29 is 8.42 Å². The number of fused-ring (bicyclic) bond motifs is 1. The number of nitriles is 1. The number of anilines is 1. The molecule has 0 aliphatic carbocycles. The highest BCUT2D eigenvalue weighted by molar-refractivity contribution is 7.89. The number of aryl methyl sites for hydroxylation is 4. The van der Waals surface area contributed by atoms with Crippen LogP contribution in [0, 0.1) is 32.1 Å². The van der Waals surface area contributed by atoms with E-state index in [1.807, 2.05) is 58.0 Å². The smallest absolute Gasteiger partial charge is 0.241 e. The molecular weight excluding hydrogens is 382 g/mol. The highest BCUT2D eigenvalue weighted by atomic mass is 32.2. The second-order valence-corrected chi connectivity index (χ2v) is 9.61. The number of nitrogens with one attached hydrogen (secondary N) is 1. The predicted octanol–water partition coefficient (Wildman–Crippen LogP) is 3.99. The van der Waals surface area contributed by atoms with Crippen molar-refractivity contribution in [2.75, 3.05) is 18.0 Å². The van der Waals surface area contributed by atoms with E-state index < -0.39 is 10.0 Å². The zero-order chi connectivity index (χ0) is 21.2. The number of nitrogens with zero attached hydrogens (tertiary/aromatic N) is 2. The Kier molecular flexibility index (Phi) is 6.30. The number of rotatable bonds is 6. The Labute approximate surface area is 174 Å². The molecule has 0 saturated carbocycles. The molecule has 0 fully saturated rings. The standard InChI is InChI=1S/C23H29N3O2S/c1-5-21(25-29(27,28)23-17(3)11-16(2)12-18(23)4)15-26-10-6-7-20-13-19(14-24)8-9-22(20)26/h8-9,11-13,21,25H,5-7,10,15H2,1-4H3. The maximum absolute atomic E-state index is 13.2. The van der Waals surface area contributed by atoms with Gasteiger partial charge in [0.15, 0.2) is 0 Å². The van der Waals surface area contributed by atoms with Gasteiger partial charge in [-0.3, -0.25) is 0 Å². The molecule has 5 nitrogen and oxygen atoms in total. The summed E-state index contributed by atoms with van der Waals surface area (Å²) < 4.78 is 29.3. The summed E-state index contributed by atoms with van der Waals surface area (Å²) in [6.07, 6.45) is 2.65. The van der Waals surface area contributed by atoms with Gasteiger partial charge in [0.05, 0.1) is 16.5 Å². The largest absolute Gasteiger partial charge is 0.370 e. The summed E-state index contributed by atoms with van der Waals surface area (Å²) in [4.78, 5) is 2.63. The minimum Gasteiger partial charge on any atom is -0.370 e. The lowest BCUT2D eigenvalue weighted by molar-refractivity contribution is 0.523. The van der Waals surface area contributed by atoms with Gasteiger partial charge in [0.2, 0.25) is 10.0 Å². The van der Waals surface area contributed by atoms with E-state index in [0.717, 1.165) is 41.8 Å². The Morgan fingerprint density at radius 1 is 1.17 bits per heavy atom. The van der Waals surface area contributed by atoms with Gasteiger partial charge >= 0.3 is 0 Å². The highest BCUT2D eigenvalue weighted by Gasteiger charge is 2.26. The molecule has 1 N–H and O–H groups in total. The van der Waals surface area contributed by atoms with Crippen molar-refractivity contribution in [1.82, 2.24) is 4.72 Å². The molecule has 1 atom stereocenters. The first-order valence-electron chi connectivity index (χ1n) is 10.1. The molecular formula is C23H29N3O2S. The van der Waals surface area contributed by atoms with Crippen molar-refractivity contribution in [2.24, 2.45) is 0 Å². The molecule has 0 amide bonds. The zero-order valence-corrected chi connectivity index (χ0v) is 18.4. The van der Waals surface area contributed by atoms with E-state index in [1.54, 1.807) is 0 Å². The minimum absolute atomic E-state index is 0.193. The number of hydrogen-bond acceptors (Lipinski definition) is 4. The third-order valence-electron chi connectivity index (χ3n) is 5.55. The maximum atomic E-state index is 13.2. The molecule has 0 saturated heterocycles. The molecule has 1 aliphatic heterocycles. The van der Waals surface area contributed by atoms with Gasteiger partial charge in [-0.1, -0.05) is 24.6 Å². The van der Waals surface area contributed by atoms with E-state index >= 15 is 0 Å². The van der Waals surface area contributed by atoms with Crippen molar-refractivity contribution >= 4 is 15.7 Å². The van der Waals surface area contributed by atoms with Gasteiger partial charge < -0.3 is 4.90 Å². The van der Waals surface area contributed by atoms with Crippen LogP contribution >= 0.6 is 0 Å². The monoisotopic (exact) mass is 411 g/mol. The molecule has 0 bridgehead atoms. The molecule has 3 rings (SSSR count). The van der Waals surface area contributed by atoms with Gasteiger partial charge in [-0.05, 0) is 74.9 Å². The lowest BCUT2D eigenvalue weighted by Crippen LogP contribution is -2.45.